The highest BCUT2D eigenvalue weighted by atomic mass is 19.4. The van der Waals surface area contributed by atoms with Gasteiger partial charge < -0.3 is 20.8 Å². The molecule has 1 aromatic heterocycles. The highest BCUT2D eigenvalue weighted by Gasteiger charge is 2.38. The van der Waals surface area contributed by atoms with Crippen LogP contribution in [0.1, 0.15) is 31.2 Å². The van der Waals surface area contributed by atoms with E-state index >= 15 is 0 Å². The van der Waals surface area contributed by atoms with Crippen molar-refractivity contribution in [2.45, 2.75) is 44.3 Å². The fourth-order valence-corrected chi connectivity index (χ4v) is 2.40. The van der Waals surface area contributed by atoms with Gasteiger partial charge in [0.25, 0.3) is 0 Å². The zero-order chi connectivity index (χ0) is 24.0. The van der Waals surface area contributed by atoms with E-state index in [0.717, 1.165) is 24.9 Å². The van der Waals surface area contributed by atoms with E-state index in [2.05, 4.69) is 25.8 Å². The van der Waals surface area contributed by atoms with Gasteiger partial charge >= 0.3 is 18.1 Å². The molecule has 0 radical (unpaired) electrons. The summed E-state index contributed by atoms with van der Waals surface area (Å²) in [4.78, 5) is 36.1. The lowest BCUT2D eigenvalue weighted by molar-refractivity contribution is -0.192. The summed E-state index contributed by atoms with van der Waals surface area (Å²) in [5.41, 5.74) is 0.883. The Balaban J connectivity index is 0.000000633. The first-order valence-electron chi connectivity index (χ1n) is 9.55. The van der Waals surface area contributed by atoms with Crippen LogP contribution in [0.3, 0.4) is 0 Å². The number of carbonyl (C=O) groups excluding carboxylic acids is 1. The van der Waals surface area contributed by atoms with Crippen LogP contribution in [0, 0.1) is 0 Å². The Hall–Kier alpha value is -3.64. The molecule has 0 saturated carbocycles. The standard InChI is InChI=1S/C17H23N5O3.C2HF3O2/c23-15(9-5-2-6-10-18-17-19-12-20-22-17)21-14(16(24)25)11-13-7-3-1-4-8-13;3-2(4,5)1(6)7/h1,3-4,7-8,12,14H,2,5-6,9-11H2,(H,21,23)(H,24,25)(H2,18,19,20,22);(H,6,7)/t14-;/m0./s1. The molecular weight excluding hydrogens is 435 g/mol. The minimum Gasteiger partial charge on any atom is -0.480 e. The van der Waals surface area contributed by atoms with Crippen LogP contribution < -0.4 is 10.6 Å². The fraction of sp³-hybridized carbons (Fsp3) is 0.421. The van der Waals surface area contributed by atoms with Crippen molar-refractivity contribution in [1.82, 2.24) is 20.5 Å². The monoisotopic (exact) mass is 459 g/mol. The topological polar surface area (TPSA) is 157 Å². The number of carboxylic acid groups (broad SMARTS) is 2. The third-order valence-corrected chi connectivity index (χ3v) is 3.94. The summed E-state index contributed by atoms with van der Waals surface area (Å²) >= 11 is 0. The number of anilines is 1. The van der Waals surface area contributed by atoms with E-state index < -0.39 is 24.2 Å². The molecule has 2 rings (SSSR count). The van der Waals surface area contributed by atoms with Crippen molar-refractivity contribution >= 4 is 23.8 Å². The number of carbonyl (C=O) groups is 3. The van der Waals surface area contributed by atoms with E-state index in [0.29, 0.717) is 18.8 Å². The molecule has 1 amide bonds. The van der Waals surface area contributed by atoms with Gasteiger partial charge in [-0.3, -0.25) is 9.89 Å². The predicted octanol–water partition coefficient (Wildman–Crippen LogP) is 2.22. The zero-order valence-corrected chi connectivity index (χ0v) is 16.9. The Morgan fingerprint density at radius 3 is 2.25 bits per heavy atom. The molecule has 13 heteroatoms. The summed E-state index contributed by atoms with van der Waals surface area (Å²) in [5, 5.41) is 28.6. The normalized spacial score (nSPS) is 11.6. The number of aliphatic carboxylic acids is 2. The van der Waals surface area contributed by atoms with Crippen LogP contribution in [-0.4, -0.2) is 62.0 Å². The summed E-state index contributed by atoms with van der Waals surface area (Å²) in [6, 6.07) is 8.37. The van der Waals surface area contributed by atoms with Crippen molar-refractivity contribution in [3.05, 3.63) is 42.2 Å². The first kappa shape index (κ1) is 26.4. The molecule has 1 aromatic carbocycles. The van der Waals surface area contributed by atoms with Gasteiger partial charge in [0.15, 0.2) is 0 Å². The molecule has 2 aromatic rings. The molecule has 0 fully saturated rings. The van der Waals surface area contributed by atoms with Crippen LogP contribution in [0.25, 0.3) is 0 Å². The second kappa shape index (κ2) is 13.6. The predicted molar refractivity (Wildman–Crippen MR) is 107 cm³/mol. The SMILES string of the molecule is O=C(CCCCCNc1nc[nH]n1)N[C@@H](Cc1ccccc1)C(=O)O.O=C(O)C(F)(F)F. The third-order valence-electron chi connectivity index (χ3n) is 3.94. The molecule has 176 valence electrons. The highest BCUT2D eigenvalue weighted by Crippen LogP contribution is 2.13. The quantitative estimate of drug-likeness (QED) is 0.320. The summed E-state index contributed by atoms with van der Waals surface area (Å²) in [5.74, 6) is -3.45. The molecule has 32 heavy (non-hydrogen) atoms. The van der Waals surface area contributed by atoms with Crippen molar-refractivity contribution in [2.24, 2.45) is 0 Å². The number of rotatable bonds is 11. The Bertz CT molecular complexity index is 832. The average molecular weight is 459 g/mol. The molecule has 0 spiro atoms. The van der Waals surface area contributed by atoms with Gasteiger partial charge in [0, 0.05) is 19.4 Å². The summed E-state index contributed by atoms with van der Waals surface area (Å²) in [6.07, 6.45) is -0.530. The number of aromatic amines is 1. The molecule has 1 heterocycles. The Kier molecular flexibility index (Phi) is 11.2. The van der Waals surface area contributed by atoms with Gasteiger partial charge in [0.2, 0.25) is 11.9 Å². The van der Waals surface area contributed by atoms with Crippen molar-refractivity contribution in [3.8, 4) is 0 Å². The van der Waals surface area contributed by atoms with E-state index in [-0.39, 0.29) is 12.3 Å². The Morgan fingerprint density at radius 1 is 1.06 bits per heavy atom. The molecule has 0 aliphatic carbocycles. The number of halogens is 3. The van der Waals surface area contributed by atoms with Crippen LogP contribution in [-0.2, 0) is 20.8 Å². The number of alkyl halides is 3. The molecule has 1 atom stereocenters. The number of hydrogen-bond donors (Lipinski definition) is 5. The van der Waals surface area contributed by atoms with Crippen molar-refractivity contribution < 1.29 is 37.8 Å². The molecule has 5 N–H and O–H groups in total. The first-order chi connectivity index (χ1) is 15.1. The lowest BCUT2D eigenvalue weighted by atomic mass is 10.1. The lowest BCUT2D eigenvalue weighted by Crippen LogP contribution is -2.42. The number of carboxylic acids is 2. The van der Waals surface area contributed by atoms with Gasteiger partial charge in [-0.2, -0.15) is 13.2 Å². The molecule has 0 unspecified atom stereocenters. The van der Waals surface area contributed by atoms with E-state index in [1.807, 2.05) is 30.3 Å². The fourth-order valence-electron chi connectivity index (χ4n) is 2.40. The van der Waals surface area contributed by atoms with Gasteiger partial charge in [-0.25, -0.2) is 14.6 Å². The van der Waals surface area contributed by atoms with E-state index in [1.54, 1.807) is 0 Å². The smallest absolute Gasteiger partial charge is 0.480 e. The number of nitrogens with zero attached hydrogens (tertiary/aromatic N) is 2. The van der Waals surface area contributed by atoms with Crippen molar-refractivity contribution in [2.75, 3.05) is 11.9 Å². The van der Waals surface area contributed by atoms with Crippen LogP contribution >= 0.6 is 0 Å². The maximum absolute atomic E-state index is 12.0. The minimum atomic E-state index is -5.08. The number of hydrogen-bond acceptors (Lipinski definition) is 6. The number of unbranched alkanes of at least 4 members (excludes halogenated alkanes) is 2. The summed E-state index contributed by atoms with van der Waals surface area (Å²) in [6.45, 7) is 0.727. The Labute approximate surface area is 181 Å². The number of aromatic nitrogens is 3. The minimum absolute atomic E-state index is 0.231. The molecule has 0 aliphatic rings. The largest absolute Gasteiger partial charge is 0.490 e. The van der Waals surface area contributed by atoms with Crippen LogP contribution in [0.15, 0.2) is 36.7 Å². The van der Waals surface area contributed by atoms with Crippen LogP contribution in [0.4, 0.5) is 19.1 Å². The zero-order valence-electron chi connectivity index (χ0n) is 16.9. The Morgan fingerprint density at radius 2 is 1.72 bits per heavy atom. The summed E-state index contributed by atoms with van der Waals surface area (Å²) < 4.78 is 31.7. The number of nitrogens with one attached hydrogen (secondary N) is 3. The maximum Gasteiger partial charge on any atom is 0.490 e. The molecule has 0 bridgehead atoms. The molecular formula is C19H24F3N5O5. The van der Waals surface area contributed by atoms with Crippen LogP contribution in [0.2, 0.25) is 0 Å². The van der Waals surface area contributed by atoms with E-state index in [1.165, 1.54) is 6.33 Å². The number of benzene rings is 1. The van der Waals surface area contributed by atoms with E-state index in [9.17, 15) is 27.9 Å². The molecule has 0 saturated heterocycles. The summed E-state index contributed by atoms with van der Waals surface area (Å²) in [7, 11) is 0. The van der Waals surface area contributed by atoms with Crippen molar-refractivity contribution in [3.63, 3.8) is 0 Å². The van der Waals surface area contributed by atoms with E-state index in [4.69, 9.17) is 9.90 Å². The van der Waals surface area contributed by atoms with Gasteiger partial charge in [0.1, 0.15) is 12.4 Å². The van der Waals surface area contributed by atoms with Gasteiger partial charge in [0.05, 0.1) is 0 Å². The number of amides is 1. The first-order valence-corrected chi connectivity index (χ1v) is 9.55. The lowest BCUT2D eigenvalue weighted by Gasteiger charge is -2.14. The second-order valence-corrected chi connectivity index (χ2v) is 6.51. The maximum atomic E-state index is 12.0. The molecule has 10 nitrogen and oxygen atoms in total. The number of H-pyrrole nitrogens is 1. The van der Waals surface area contributed by atoms with Crippen LogP contribution in [0.5, 0.6) is 0 Å². The molecule has 0 aliphatic heterocycles. The second-order valence-electron chi connectivity index (χ2n) is 6.51. The van der Waals surface area contributed by atoms with Gasteiger partial charge in [-0.15, -0.1) is 5.10 Å². The average Bonchev–Trinajstić information content (AvgIpc) is 3.24. The van der Waals surface area contributed by atoms with Gasteiger partial charge in [-0.05, 0) is 18.4 Å². The third kappa shape index (κ3) is 11.5. The van der Waals surface area contributed by atoms with Crippen molar-refractivity contribution in [1.29, 1.82) is 0 Å². The highest BCUT2D eigenvalue weighted by molar-refractivity contribution is 5.83. The van der Waals surface area contributed by atoms with Gasteiger partial charge in [-0.1, -0.05) is 36.8 Å².